The minimum atomic E-state index is -1.57. The van der Waals surface area contributed by atoms with Crippen LogP contribution in [0.2, 0.25) is 0 Å². The number of anilines is 1. The summed E-state index contributed by atoms with van der Waals surface area (Å²) in [6.45, 7) is 5.37. The standard InChI is InChI=1S/C24H24N2O5/c1-4-25-22(29)18-7-5-6-8-19(18)26-21(28)11-12-24(25,26)23(30)31-14-20(27)17-10-9-15(2)16(3)13-17/h5-10,13H,4,11-12,14H2,1-3H3/t24-/m0/s1. The number of ether oxygens (including phenoxy) is 1. The molecule has 0 bridgehead atoms. The first-order chi connectivity index (χ1) is 14.8. The van der Waals surface area contributed by atoms with E-state index in [1.165, 1.54) is 9.80 Å². The van der Waals surface area contributed by atoms with Gasteiger partial charge < -0.3 is 9.64 Å². The van der Waals surface area contributed by atoms with E-state index in [9.17, 15) is 19.2 Å². The zero-order valence-corrected chi connectivity index (χ0v) is 17.8. The van der Waals surface area contributed by atoms with Gasteiger partial charge in [-0.2, -0.15) is 0 Å². The van der Waals surface area contributed by atoms with Crippen LogP contribution in [0.15, 0.2) is 42.5 Å². The van der Waals surface area contributed by atoms with E-state index in [0.29, 0.717) is 16.8 Å². The number of rotatable bonds is 5. The topological polar surface area (TPSA) is 84.0 Å². The second kappa shape index (κ2) is 7.65. The van der Waals surface area contributed by atoms with Gasteiger partial charge in [0.25, 0.3) is 5.91 Å². The number of ketones is 1. The molecule has 7 heteroatoms. The Labute approximate surface area is 180 Å². The van der Waals surface area contributed by atoms with Crippen LogP contribution < -0.4 is 4.90 Å². The maximum atomic E-state index is 13.4. The third-order valence-electron chi connectivity index (χ3n) is 6.18. The molecule has 31 heavy (non-hydrogen) atoms. The summed E-state index contributed by atoms with van der Waals surface area (Å²) in [5, 5.41) is 0. The Bertz CT molecular complexity index is 1110. The largest absolute Gasteiger partial charge is 0.454 e. The number of para-hydroxylation sites is 1. The normalized spacial score (nSPS) is 19.8. The van der Waals surface area contributed by atoms with E-state index in [4.69, 9.17) is 4.74 Å². The maximum absolute atomic E-state index is 13.4. The molecule has 2 aliphatic heterocycles. The van der Waals surface area contributed by atoms with Crippen LogP contribution in [0.25, 0.3) is 0 Å². The Morgan fingerprint density at radius 2 is 1.81 bits per heavy atom. The fourth-order valence-electron chi connectivity index (χ4n) is 4.42. The number of aryl methyl sites for hydroxylation is 2. The van der Waals surface area contributed by atoms with Crippen molar-refractivity contribution in [1.82, 2.24) is 4.90 Å². The molecule has 0 spiro atoms. The molecule has 2 amide bonds. The van der Waals surface area contributed by atoms with Crippen LogP contribution in [-0.4, -0.2) is 47.3 Å². The van der Waals surface area contributed by atoms with Crippen molar-refractivity contribution in [2.45, 2.75) is 39.3 Å². The summed E-state index contributed by atoms with van der Waals surface area (Å²) in [6, 6.07) is 12.0. The Morgan fingerprint density at radius 3 is 2.52 bits per heavy atom. The molecular formula is C24H24N2O5. The summed E-state index contributed by atoms with van der Waals surface area (Å²) in [5.74, 6) is -1.69. The second-order valence-electron chi connectivity index (χ2n) is 7.91. The molecule has 0 radical (unpaired) electrons. The molecule has 2 aromatic rings. The van der Waals surface area contributed by atoms with Gasteiger partial charge in [-0.15, -0.1) is 0 Å². The van der Waals surface area contributed by atoms with E-state index < -0.39 is 18.2 Å². The summed E-state index contributed by atoms with van der Waals surface area (Å²) in [6.07, 6.45) is 0.231. The summed E-state index contributed by atoms with van der Waals surface area (Å²) in [4.78, 5) is 54.7. The molecule has 160 valence electrons. The van der Waals surface area contributed by atoms with Crippen LogP contribution in [0.4, 0.5) is 5.69 Å². The predicted octanol–water partition coefficient (Wildman–Crippen LogP) is 3.03. The highest BCUT2D eigenvalue weighted by Crippen LogP contribution is 2.44. The summed E-state index contributed by atoms with van der Waals surface area (Å²) < 4.78 is 5.44. The first-order valence-electron chi connectivity index (χ1n) is 10.3. The smallest absolute Gasteiger partial charge is 0.354 e. The number of fused-ring (bicyclic) bond motifs is 3. The number of amides is 2. The lowest BCUT2D eigenvalue weighted by molar-refractivity contribution is -0.156. The summed E-state index contributed by atoms with van der Waals surface area (Å²) in [5.41, 5.74) is 1.68. The molecule has 4 rings (SSSR count). The Morgan fingerprint density at radius 1 is 1.06 bits per heavy atom. The van der Waals surface area contributed by atoms with Crippen molar-refractivity contribution >= 4 is 29.3 Å². The molecule has 0 aromatic heterocycles. The molecule has 2 aromatic carbocycles. The van der Waals surface area contributed by atoms with Gasteiger partial charge in [-0.25, -0.2) is 4.79 Å². The molecule has 2 heterocycles. The highest BCUT2D eigenvalue weighted by Gasteiger charge is 2.61. The molecular weight excluding hydrogens is 396 g/mol. The van der Waals surface area contributed by atoms with Crippen molar-refractivity contribution in [3.63, 3.8) is 0 Å². The fraction of sp³-hybridized carbons (Fsp3) is 0.333. The van der Waals surface area contributed by atoms with E-state index in [1.807, 2.05) is 19.9 Å². The zero-order chi connectivity index (χ0) is 22.3. The number of esters is 1. The van der Waals surface area contributed by atoms with Gasteiger partial charge in [0.1, 0.15) is 0 Å². The molecule has 0 N–H and O–H groups in total. The van der Waals surface area contributed by atoms with Crippen molar-refractivity contribution in [1.29, 1.82) is 0 Å². The lowest BCUT2D eigenvalue weighted by atomic mass is 9.96. The van der Waals surface area contributed by atoms with Gasteiger partial charge in [0.15, 0.2) is 12.4 Å². The second-order valence-corrected chi connectivity index (χ2v) is 7.91. The summed E-state index contributed by atoms with van der Waals surface area (Å²) >= 11 is 0. The van der Waals surface area contributed by atoms with E-state index in [1.54, 1.807) is 43.3 Å². The Balaban J connectivity index is 1.65. The van der Waals surface area contributed by atoms with Crippen LogP contribution in [0.5, 0.6) is 0 Å². The zero-order valence-electron chi connectivity index (χ0n) is 17.8. The molecule has 1 atom stereocenters. The van der Waals surface area contributed by atoms with Crippen LogP contribution in [0, 0.1) is 13.8 Å². The minimum Gasteiger partial charge on any atom is -0.454 e. The van der Waals surface area contributed by atoms with Crippen LogP contribution in [0.3, 0.4) is 0 Å². The quantitative estimate of drug-likeness (QED) is 0.548. The van der Waals surface area contributed by atoms with Gasteiger partial charge in [0, 0.05) is 24.9 Å². The number of nitrogens with zero attached hydrogens (tertiary/aromatic N) is 2. The number of carbonyl (C=O) groups excluding carboxylic acids is 4. The molecule has 0 unspecified atom stereocenters. The van der Waals surface area contributed by atoms with E-state index in [2.05, 4.69) is 0 Å². The lowest BCUT2D eigenvalue weighted by Crippen LogP contribution is -2.68. The number of carbonyl (C=O) groups is 4. The molecule has 1 fully saturated rings. The number of likely N-dealkylation sites (N-methyl/N-ethyl adjacent to an activating group) is 1. The van der Waals surface area contributed by atoms with Gasteiger partial charge in [0.05, 0.1) is 11.3 Å². The van der Waals surface area contributed by atoms with Crippen molar-refractivity contribution in [3.8, 4) is 0 Å². The van der Waals surface area contributed by atoms with Gasteiger partial charge in [-0.1, -0.05) is 24.3 Å². The molecule has 7 nitrogen and oxygen atoms in total. The van der Waals surface area contributed by atoms with Gasteiger partial charge in [0.2, 0.25) is 11.6 Å². The Hall–Kier alpha value is -3.48. The van der Waals surface area contributed by atoms with Crippen molar-refractivity contribution < 1.29 is 23.9 Å². The molecule has 0 aliphatic carbocycles. The SMILES string of the molecule is CCN1C(=O)c2ccccc2N2C(=O)CC[C@]12C(=O)OCC(=O)c1ccc(C)c(C)c1. The average molecular weight is 420 g/mol. The maximum Gasteiger partial charge on any atom is 0.354 e. The fourth-order valence-corrected chi connectivity index (χ4v) is 4.42. The first-order valence-corrected chi connectivity index (χ1v) is 10.3. The highest BCUT2D eigenvalue weighted by atomic mass is 16.5. The van der Waals surface area contributed by atoms with Gasteiger partial charge in [-0.3, -0.25) is 19.3 Å². The van der Waals surface area contributed by atoms with Gasteiger partial charge in [-0.05, 0) is 50.1 Å². The van der Waals surface area contributed by atoms with Crippen LogP contribution >= 0.6 is 0 Å². The third kappa shape index (κ3) is 3.12. The molecule has 1 saturated heterocycles. The summed E-state index contributed by atoms with van der Waals surface area (Å²) in [7, 11) is 0. The Kier molecular flexibility index (Phi) is 5.13. The third-order valence-corrected chi connectivity index (χ3v) is 6.18. The predicted molar refractivity (Wildman–Crippen MR) is 114 cm³/mol. The van der Waals surface area contributed by atoms with Crippen LogP contribution in [-0.2, 0) is 14.3 Å². The van der Waals surface area contributed by atoms with Crippen molar-refractivity contribution in [2.75, 3.05) is 18.1 Å². The van der Waals surface area contributed by atoms with E-state index in [-0.39, 0.29) is 37.0 Å². The first kappa shape index (κ1) is 20.8. The van der Waals surface area contributed by atoms with E-state index in [0.717, 1.165) is 11.1 Å². The lowest BCUT2D eigenvalue weighted by Gasteiger charge is -2.47. The number of hydrogen-bond acceptors (Lipinski definition) is 5. The van der Waals surface area contributed by atoms with E-state index >= 15 is 0 Å². The van der Waals surface area contributed by atoms with Gasteiger partial charge >= 0.3 is 5.97 Å². The van der Waals surface area contributed by atoms with Crippen LogP contribution in [0.1, 0.15) is 51.6 Å². The number of hydrogen-bond donors (Lipinski definition) is 0. The monoisotopic (exact) mass is 420 g/mol. The average Bonchev–Trinajstić information content (AvgIpc) is 3.12. The van der Waals surface area contributed by atoms with Crippen molar-refractivity contribution in [3.05, 3.63) is 64.7 Å². The molecule has 2 aliphatic rings. The molecule has 0 saturated carbocycles. The number of benzene rings is 2. The van der Waals surface area contributed by atoms with Crippen molar-refractivity contribution in [2.24, 2.45) is 0 Å². The highest BCUT2D eigenvalue weighted by molar-refractivity contribution is 6.15. The number of Topliss-reactive ketones (excluding diaryl/α,β-unsaturated/α-hetero) is 1. The minimum absolute atomic E-state index is 0.109.